The van der Waals surface area contributed by atoms with Gasteiger partial charge < -0.3 is 10.0 Å². The first-order valence-corrected chi connectivity index (χ1v) is 13.8. The van der Waals surface area contributed by atoms with E-state index in [4.69, 9.17) is 0 Å². The number of fused-ring (bicyclic) bond motifs is 1. The van der Waals surface area contributed by atoms with Crippen molar-refractivity contribution < 1.29 is 31.4 Å². The molecule has 0 radical (unpaired) electrons. The summed E-state index contributed by atoms with van der Waals surface area (Å²) in [5.41, 5.74) is -5.12. The minimum Gasteiger partial charge on any atom is -0.369 e. The molecule has 5 nitrogen and oxygen atoms in total. The first kappa shape index (κ1) is 30.5. The molecule has 2 heterocycles. The molecule has 0 spiro atoms. The van der Waals surface area contributed by atoms with Gasteiger partial charge in [-0.2, -0.15) is 26.3 Å². The van der Waals surface area contributed by atoms with E-state index < -0.39 is 29.1 Å². The Balaban J connectivity index is 1.66. The Morgan fingerprint density at radius 2 is 1.51 bits per heavy atom. The number of aliphatic hydroxyl groups is 1. The maximum Gasteiger partial charge on any atom is 0.430 e. The summed E-state index contributed by atoms with van der Waals surface area (Å²) in [7, 11) is 3.91. The van der Waals surface area contributed by atoms with Gasteiger partial charge in [0.05, 0.1) is 16.6 Å². The predicted molar refractivity (Wildman–Crippen MR) is 153 cm³/mol. The number of nitrogens with zero attached hydrogens (tertiary/aromatic N) is 3. The van der Waals surface area contributed by atoms with Gasteiger partial charge in [0, 0.05) is 28.3 Å². The average Bonchev–Trinajstić information content (AvgIpc) is 3.40. The van der Waals surface area contributed by atoms with Crippen LogP contribution in [0.25, 0.3) is 27.0 Å². The number of thiophene rings is 1. The van der Waals surface area contributed by atoms with E-state index in [1.54, 1.807) is 35.6 Å². The molecule has 12 heteroatoms. The lowest BCUT2D eigenvalue weighted by molar-refractivity contribution is -0.376. The normalized spacial score (nSPS) is 12.8. The second-order valence-corrected chi connectivity index (χ2v) is 11.5. The summed E-state index contributed by atoms with van der Waals surface area (Å²) in [6.07, 6.45) is -11.9. The minimum absolute atomic E-state index is 0.00410. The molecule has 1 N–H and O–H groups in total. The Morgan fingerprint density at radius 3 is 2.12 bits per heavy atom. The highest BCUT2D eigenvalue weighted by Crippen LogP contribution is 2.50. The number of hydrogen-bond acceptors (Lipinski definition) is 5. The molecule has 2 aromatic heterocycles. The highest BCUT2D eigenvalue weighted by molar-refractivity contribution is 7.15. The molecule has 0 atom stereocenters. The van der Waals surface area contributed by atoms with Crippen molar-refractivity contribution in [1.82, 2.24) is 14.5 Å². The summed E-state index contributed by atoms with van der Waals surface area (Å²) < 4.78 is 81.9. The second kappa shape index (κ2) is 11.3. The van der Waals surface area contributed by atoms with E-state index >= 15 is 0 Å². The van der Waals surface area contributed by atoms with Gasteiger partial charge in [-0.05, 0) is 61.6 Å². The molecular weight excluding hydrogens is 592 g/mol. The first-order chi connectivity index (χ1) is 20.2. The van der Waals surface area contributed by atoms with Gasteiger partial charge in [0.25, 0.3) is 11.2 Å². The fourth-order valence-electron chi connectivity index (χ4n) is 4.82. The molecule has 0 aliphatic carbocycles. The Bertz CT molecular complexity index is 1800. The van der Waals surface area contributed by atoms with Crippen molar-refractivity contribution in [3.8, 4) is 16.1 Å². The zero-order valence-corrected chi connectivity index (χ0v) is 23.7. The Hall–Kier alpha value is -4.00. The molecular formula is C31H25F6N3O2S. The SMILES string of the molecule is CN(C)Cc1ccc(-c2ccc3nc(Cc4ccccc4)n(-c4ccc(C(O)(C(F)(F)F)C(F)(F)F)cc4)c(=O)c3c2)s1. The number of alkyl halides is 6. The van der Waals surface area contributed by atoms with Crippen LogP contribution in [0, 0.1) is 0 Å². The molecule has 5 aromatic rings. The quantitative estimate of drug-likeness (QED) is 0.199. The fraction of sp³-hybridized carbons (Fsp3) is 0.226. The van der Waals surface area contributed by atoms with Gasteiger partial charge in [0.2, 0.25) is 0 Å². The number of rotatable bonds is 7. The smallest absolute Gasteiger partial charge is 0.369 e. The lowest BCUT2D eigenvalue weighted by atomic mass is 9.92. The summed E-state index contributed by atoms with van der Waals surface area (Å²) in [5, 5.41) is 10.0. The molecule has 224 valence electrons. The van der Waals surface area contributed by atoms with Gasteiger partial charge in [0.15, 0.2) is 0 Å². The van der Waals surface area contributed by atoms with Gasteiger partial charge >= 0.3 is 12.4 Å². The van der Waals surface area contributed by atoms with Crippen molar-refractivity contribution in [1.29, 1.82) is 0 Å². The molecule has 43 heavy (non-hydrogen) atoms. The van der Waals surface area contributed by atoms with Gasteiger partial charge in [-0.1, -0.05) is 48.5 Å². The molecule has 0 saturated heterocycles. The zero-order valence-electron chi connectivity index (χ0n) is 22.9. The van der Waals surface area contributed by atoms with Crippen LogP contribution in [0.3, 0.4) is 0 Å². The molecule has 0 fully saturated rings. The van der Waals surface area contributed by atoms with Crippen LogP contribution in [0.1, 0.15) is 21.8 Å². The minimum atomic E-state index is -6.03. The third-order valence-electron chi connectivity index (χ3n) is 6.92. The number of halogens is 6. The lowest BCUT2D eigenvalue weighted by Crippen LogP contribution is -2.53. The van der Waals surface area contributed by atoms with Crippen LogP contribution in [-0.4, -0.2) is 46.0 Å². The van der Waals surface area contributed by atoms with E-state index in [-0.39, 0.29) is 23.3 Å². The van der Waals surface area contributed by atoms with Gasteiger partial charge in [-0.25, -0.2) is 4.98 Å². The van der Waals surface area contributed by atoms with Crippen molar-refractivity contribution in [2.24, 2.45) is 0 Å². The molecule has 0 bridgehead atoms. The van der Waals surface area contributed by atoms with Crippen LogP contribution in [0.15, 0.2) is 89.7 Å². The molecule has 0 saturated carbocycles. The summed E-state index contributed by atoms with van der Waals surface area (Å²) in [5.74, 6) is 0.232. The third-order valence-corrected chi connectivity index (χ3v) is 8.04. The Morgan fingerprint density at radius 1 is 0.860 bits per heavy atom. The summed E-state index contributed by atoms with van der Waals surface area (Å²) in [6.45, 7) is 0.739. The van der Waals surface area contributed by atoms with Crippen LogP contribution >= 0.6 is 11.3 Å². The monoisotopic (exact) mass is 617 g/mol. The van der Waals surface area contributed by atoms with Crippen LogP contribution in [0.4, 0.5) is 26.3 Å². The zero-order chi connectivity index (χ0) is 31.2. The largest absolute Gasteiger partial charge is 0.430 e. The average molecular weight is 618 g/mol. The molecule has 0 amide bonds. The molecule has 0 aliphatic heterocycles. The van der Waals surface area contributed by atoms with E-state index in [0.717, 1.165) is 39.6 Å². The second-order valence-electron chi connectivity index (χ2n) is 10.3. The van der Waals surface area contributed by atoms with Crippen LogP contribution < -0.4 is 5.56 Å². The lowest BCUT2D eigenvalue weighted by Gasteiger charge is -2.32. The third kappa shape index (κ3) is 5.82. The van der Waals surface area contributed by atoms with Gasteiger partial charge in [-0.3, -0.25) is 9.36 Å². The van der Waals surface area contributed by atoms with Crippen LogP contribution in [-0.2, 0) is 18.6 Å². The molecule has 5 rings (SSSR count). The van der Waals surface area contributed by atoms with Crippen molar-refractivity contribution in [2.75, 3.05) is 14.1 Å². The molecule has 3 aromatic carbocycles. The van der Waals surface area contributed by atoms with Crippen molar-refractivity contribution in [2.45, 2.75) is 30.9 Å². The van der Waals surface area contributed by atoms with Crippen LogP contribution in [0.2, 0.25) is 0 Å². The summed E-state index contributed by atoms with van der Waals surface area (Å²) in [4.78, 5) is 22.7. The van der Waals surface area contributed by atoms with E-state index in [2.05, 4.69) is 4.98 Å². The summed E-state index contributed by atoms with van der Waals surface area (Å²) in [6, 6.07) is 21.1. The number of aromatic nitrogens is 2. The van der Waals surface area contributed by atoms with E-state index in [9.17, 15) is 36.2 Å². The Labute approximate surface area is 246 Å². The fourth-order valence-corrected chi connectivity index (χ4v) is 5.94. The highest BCUT2D eigenvalue weighted by Gasteiger charge is 2.71. The standard InChI is InChI=1S/C31H25F6N3O2S/c1-39(2)18-23-13-15-26(43-23)20-8-14-25-24(17-20)28(41)40(27(38-25)16-19-6-4-3-5-7-19)22-11-9-21(10-12-22)29(42,30(32,33)34)31(35,36)37/h3-15,17,42H,16,18H2,1-2H3. The van der Waals surface area contributed by atoms with Crippen molar-refractivity contribution >= 4 is 22.2 Å². The molecule has 0 aliphatic rings. The highest BCUT2D eigenvalue weighted by atomic mass is 32.1. The summed E-state index contributed by atoms with van der Waals surface area (Å²) >= 11 is 1.56. The Kier molecular flexibility index (Phi) is 7.97. The van der Waals surface area contributed by atoms with E-state index in [1.807, 2.05) is 55.4 Å². The number of hydrogen-bond donors (Lipinski definition) is 1. The maximum absolute atomic E-state index is 14.0. The number of benzene rings is 3. The van der Waals surface area contributed by atoms with E-state index in [0.29, 0.717) is 17.6 Å². The van der Waals surface area contributed by atoms with E-state index in [1.165, 1.54) is 4.57 Å². The first-order valence-electron chi connectivity index (χ1n) is 13.0. The predicted octanol–water partition coefficient (Wildman–Crippen LogP) is 7.08. The topological polar surface area (TPSA) is 58.4 Å². The molecule has 0 unspecified atom stereocenters. The van der Waals surface area contributed by atoms with Crippen molar-refractivity contribution in [3.05, 3.63) is 117 Å². The van der Waals surface area contributed by atoms with Gasteiger partial charge in [-0.15, -0.1) is 11.3 Å². The van der Waals surface area contributed by atoms with Gasteiger partial charge in [0.1, 0.15) is 5.82 Å². The maximum atomic E-state index is 14.0. The van der Waals surface area contributed by atoms with Crippen molar-refractivity contribution in [3.63, 3.8) is 0 Å². The van der Waals surface area contributed by atoms with Crippen LogP contribution in [0.5, 0.6) is 0 Å².